The van der Waals surface area contributed by atoms with Crippen LogP contribution >= 0.6 is 0 Å². The monoisotopic (exact) mass is 394 g/mol. The van der Waals surface area contributed by atoms with Gasteiger partial charge in [0.25, 0.3) is 0 Å². The minimum atomic E-state index is -0.858. The number of anilines is 1. The van der Waals surface area contributed by atoms with Gasteiger partial charge in [-0.1, -0.05) is 36.4 Å². The molecule has 1 aliphatic heterocycles. The van der Waals surface area contributed by atoms with Gasteiger partial charge in [0.05, 0.1) is 0 Å². The van der Waals surface area contributed by atoms with Crippen LogP contribution in [0.4, 0.5) is 14.9 Å². The predicted molar refractivity (Wildman–Crippen MR) is 108 cm³/mol. The molecule has 7 nitrogen and oxygen atoms in total. The van der Waals surface area contributed by atoms with Gasteiger partial charge < -0.3 is 20.8 Å². The first-order valence-corrected chi connectivity index (χ1v) is 8.87. The largest absolute Gasteiger partial charge is 0.490 e. The van der Waals surface area contributed by atoms with Crippen LogP contribution in [-0.2, 0) is 11.2 Å². The lowest BCUT2D eigenvalue weighted by Crippen LogP contribution is -2.27. The maximum atomic E-state index is 13.8. The average molecular weight is 394 g/mol. The van der Waals surface area contributed by atoms with Crippen molar-refractivity contribution < 1.29 is 18.7 Å². The highest BCUT2D eigenvalue weighted by molar-refractivity contribution is 6.05. The first-order valence-electron chi connectivity index (χ1n) is 8.87. The van der Waals surface area contributed by atoms with E-state index in [9.17, 15) is 14.0 Å². The number of allylic oxidation sites excluding steroid dienone is 1. The molecular weight excluding hydrogens is 375 g/mol. The zero-order valence-corrected chi connectivity index (χ0v) is 15.4. The third-order valence-corrected chi connectivity index (χ3v) is 4.17. The fourth-order valence-electron chi connectivity index (χ4n) is 2.65. The Hall–Kier alpha value is -3.81. The molecule has 0 spiro atoms. The molecule has 1 heterocycles. The van der Waals surface area contributed by atoms with E-state index in [1.807, 2.05) is 30.3 Å². The number of urea groups is 1. The van der Waals surface area contributed by atoms with Crippen molar-refractivity contribution in [3.63, 3.8) is 0 Å². The quantitative estimate of drug-likeness (QED) is 0.678. The third-order valence-electron chi connectivity index (χ3n) is 4.17. The number of hydrogen-bond acceptors (Lipinski definition) is 4. The van der Waals surface area contributed by atoms with Gasteiger partial charge in [-0.25, -0.2) is 14.2 Å². The molecule has 0 aromatic heterocycles. The molecule has 8 heteroatoms. The van der Waals surface area contributed by atoms with Gasteiger partial charge >= 0.3 is 6.03 Å². The number of nitrogens with zero attached hydrogens (tertiary/aromatic N) is 1. The van der Waals surface area contributed by atoms with Crippen LogP contribution in [0, 0.1) is 17.1 Å². The van der Waals surface area contributed by atoms with Crippen LogP contribution in [0.25, 0.3) is 0 Å². The highest BCUT2D eigenvalue weighted by atomic mass is 19.1. The number of nitrogens with one attached hydrogen (secondary N) is 3. The van der Waals surface area contributed by atoms with E-state index in [2.05, 4.69) is 15.6 Å². The molecule has 0 fully saturated rings. The summed E-state index contributed by atoms with van der Waals surface area (Å²) in [5.74, 6) is -1.76. The van der Waals surface area contributed by atoms with E-state index >= 15 is 0 Å². The summed E-state index contributed by atoms with van der Waals surface area (Å²) < 4.78 is 19.3. The summed E-state index contributed by atoms with van der Waals surface area (Å²) in [7, 11) is 0. The summed E-state index contributed by atoms with van der Waals surface area (Å²) in [6.45, 7) is -0.0747. The number of amides is 3. The van der Waals surface area contributed by atoms with E-state index in [0.717, 1.165) is 18.0 Å². The minimum absolute atomic E-state index is 0.0303. The first kappa shape index (κ1) is 19.9. The fourth-order valence-corrected chi connectivity index (χ4v) is 2.65. The summed E-state index contributed by atoms with van der Waals surface area (Å²) in [6, 6.07) is 13.1. The molecule has 3 N–H and O–H groups in total. The number of halogens is 1. The number of ether oxygens (including phenoxy) is 1. The zero-order valence-electron chi connectivity index (χ0n) is 15.4. The summed E-state index contributed by atoms with van der Waals surface area (Å²) >= 11 is 0. The molecular formula is C21H19FN4O3. The molecule has 0 aliphatic carbocycles. The SMILES string of the molecule is N=C/C(=C\NC(=O)/N=C\C1COc2cccc(F)c2NC1=O)Cc1ccccc1. The molecule has 3 rings (SSSR count). The molecule has 2 aromatic carbocycles. The highest BCUT2D eigenvalue weighted by Gasteiger charge is 2.25. The smallest absolute Gasteiger partial charge is 0.344 e. The number of benzene rings is 2. The Bertz CT molecular complexity index is 973. The van der Waals surface area contributed by atoms with Gasteiger partial charge in [0.2, 0.25) is 5.91 Å². The van der Waals surface area contributed by atoms with Crippen molar-refractivity contribution in [2.75, 3.05) is 11.9 Å². The number of carbonyl (C=O) groups excluding carboxylic acids is 2. The lowest BCUT2D eigenvalue weighted by molar-refractivity contribution is -0.118. The van der Waals surface area contributed by atoms with Crippen LogP contribution in [0.2, 0.25) is 0 Å². The van der Waals surface area contributed by atoms with Gasteiger partial charge in [0, 0.05) is 25.0 Å². The fraction of sp³-hybridized carbons (Fsp3) is 0.143. The number of rotatable bonds is 5. The van der Waals surface area contributed by atoms with Crippen LogP contribution in [-0.4, -0.2) is 31.0 Å². The van der Waals surface area contributed by atoms with E-state index in [1.54, 1.807) is 6.07 Å². The molecule has 29 heavy (non-hydrogen) atoms. The molecule has 0 saturated heterocycles. The Labute approximate surface area is 166 Å². The Morgan fingerprint density at radius 3 is 2.83 bits per heavy atom. The number of para-hydroxylation sites is 1. The van der Waals surface area contributed by atoms with E-state index in [1.165, 1.54) is 18.3 Å². The molecule has 3 amide bonds. The van der Waals surface area contributed by atoms with Crippen molar-refractivity contribution in [3.05, 3.63) is 71.7 Å². The van der Waals surface area contributed by atoms with E-state index in [-0.39, 0.29) is 18.0 Å². The van der Waals surface area contributed by atoms with Crippen molar-refractivity contribution in [2.24, 2.45) is 10.9 Å². The lowest BCUT2D eigenvalue weighted by atomic mass is 10.1. The second-order valence-electron chi connectivity index (χ2n) is 6.27. The summed E-state index contributed by atoms with van der Waals surface area (Å²) in [6.07, 6.45) is 4.19. The molecule has 1 unspecified atom stereocenters. The van der Waals surface area contributed by atoms with Crippen molar-refractivity contribution >= 4 is 30.1 Å². The van der Waals surface area contributed by atoms with E-state index in [0.29, 0.717) is 12.0 Å². The Morgan fingerprint density at radius 2 is 2.07 bits per heavy atom. The van der Waals surface area contributed by atoms with Crippen molar-refractivity contribution in [2.45, 2.75) is 6.42 Å². The number of fused-ring (bicyclic) bond motifs is 1. The topological polar surface area (TPSA) is 104 Å². The molecule has 1 atom stereocenters. The minimum Gasteiger partial charge on any atom is -0.490 e. The van der Waals surface area contributed by atoms with Crippen LogP contribution < -0.4 is 15.4 Å². The second kappa shape index (κ2) is 9.41. The average Bonchev–Trinajstić information content (AvgIpc) is 2.89. The summed E-state index contributed by atoms with van der Waals surface area (Å²) in [5, 5.41) is 12.4. The summed E-state index contributed by atoms with van der Waals surface area (Å²) in [4.78, 5) is 27.9. The number of aliphatic imine (C=N–C) groups is 1. The molecule has 1 aliphatic rings. The van der Waals surface area contributed by atoms with Crippen LogP contribution in [0.15, 0.2) is 65.3 Å². The normalized spacial score (nSPS) is 16.4. The van der Waals surface area contributed by atoms with E-state index in [4.69, 9.17) is 10.1 Å². The summed E-state index contributed by atoms with van der Waals surface area (Å²) in [5.41, 5.74) is 1.55. The standard InChI is InChI=1S/C21H19FN4O3/c22-17-7-4-8-18-19(17)26-20(27)16(13-29-18)12-25-21(28)24-11-15(10-23)9-14-5-2-1-3-6-14/h1-8,10-12,16,23H,9,13H2,(H,24,28)(H,26,27)/b15-11-,23-10?,25-12-. The van der Waals surface area contributed by atoms with Crippen LogP contribution in [0.3, 0.4) is 0 Å². The van der Waals surface area contributed by atoms with Crippen molar-refractivity contribution in [1.29, 1.82) is 5.41 Å². The van der Waals surface area contributed by atoms with Gasteiger partial charge in [-0.3, -0.25) is 4.79 Å². The first-order chi connectivity index (χ1) is 14.1. The van der Waals surface area contributed by atoms with Crippen molar-refractivity contribution in [3.8, 4) is 5.75 Å². The number of carbonyl (C=O) groups is 2. The van der Waals surface area contributed by atoms with Crippen LogP contribution in [0.1, 0.15) is 5.56 Å². The number of hydrogen-bond donors (Lipinski definition) is 3. The Morgan fingerprint density at radius 1 is 1.28 bits per heavy atom. The van der Waals surface area contributed by atoms with Gasteiger partial charge in [0.1, 0.15) is 24.0 Å². The highest BCUT2D eigenvalue weighted by Crippen LogP contribution is 2.30. The zero-order chi connectivity index (χ0) is 20.6. The maximum Gasteiger partial charge on any atom is 0.344 e. The van der Waals surface area contributed by atoms with Gasteiger partial charge in [-0.05, 0) is 23.3 Å². The third kappa shape index (κ3) is 5.35. The van der Waals surface area contributed by atoms with Gasteiger partial charge in [0.15, 0.2) is 5.82 Å². The second-order valence-corrected chi connectivity index (χ2v) is 6.27. The molecule has 2 aromatic rings. The lowest BCUT2D eigenvalue weighted by Gasteiger charge is -2.06. The van der Waals surface area contributed by atoms with Crippen LogP contribution in [0.5, 0.6) is 5.75 Å². The van der Waals surface area contributed by atoms with Gasteiger partial charge in [-0.2, -0.15) is 0 Å². The Balaban J connectivity index is 1.59. The Kier molecular flexibility index (Phi) is 6.47. The molecule has 148 valence electrons. The van der Waals surface area contributed by atoms with E-state index < -0.39 is 23.7 Å². The maximum absolute atomic E-state index is 13.8. The van der Waals surface area contributed by atoms with Gasteiger partial charge in [-0.15, -0.1) is 0 Å². The molecule has 0 radical (unpaired) electrons. The predicted octanol–water partition coefficient (Wildman–Crippen LogP) is 3.33. The molecule has 0 saturated carbocycles. The van der Waals surface area contributed by atoms with Crippen molar-refractivity contribution in [1.82, 2.24) is 5.32 Å². The molecule has 0 bridgehead atoms.